The van der Waals surface area contributed by atoms with Gasteiger partial charge in [-0.3, -0.25) is 9.59 Å². The van der Waals surface area contributed by atoms with E-state index >= 15 is 0 Å². The van der Waals surface area contributed by atoms with Crippen LogP contribution < -0.4 is 25.0 Å². The molecule has 2 aliphatic heterocycles. The number of nitrogens with one attached hydrogen (secondary N) is 2. The monoisotopic (exact) mass is 381 g/mol. The summed E-state index contributed by atoms with van der Waals surface area (Å²) in [6.07, 6.45) is 1.88. The van der Waals surface area contributed by atoms with E-state index in [9.17, 15) is 9.59 Å². The van der Waals surface area contributed by atoms with Crippen LogP contribution in [0, 0.1) is 0 Å². The van der Waals surface area contributed by atoms with Crippen LogP contribution in [-0.4, -0.2) is 38.6 Å². The number of hydrogen-bond donors (Lipinski definition) is 2. The van der Waals surface area contributed by atoms with Gasteiger partial charge < -0.3 is 25.0 Å². The molecule has 7 heteroatoms. The van der Waals surface area contributed by atoms with Crippen molar-refractivity contribution in [2.24, 2.45) is 0 Å². The van der Waals surface area contributed by atoms with E-state index < -0.39 is 0 Å². The molecule has 0 unspecified atom stereocenters. The summed E-state index contributed by atoms with van der Waals surface area (Å²) in [5.74, 6) is 1.07. The van der Waals surface area contributed by atoms with E-state index in [1.54, 1.807) is 32.4 Å². The number of carbonyl (C=O) groups excluding carboxylic acids is 2. The summed E-state index contributed by atoms with van der Waals surface area (Å²) in [6.45, 7) is 1.23. The van der Waals surface area contributed by atoms with Crippen molar-refractivity contribution in [1.82, 2.24) is 5.32 Å². The average molecular weight is 381 g/mol. The maximum Gasteiger partial charge on any atom is 0.251 e. The lowest BCUT2D eigenvalue weighted by Crippen LogP contribution is -2.44. The molecule has 0 bridgehead atoms. The van der Waals surface area contributed by atoms with Gasteiger partial charge in [-0.25, -0.2) is 0 Å². The maximum absolute atomic E-state index is 12.6. The van der Waals surface area contributed by atoms with Crippen LogP contribution in [0.2, 0.25) is 0 Å². The molecule has 2 heterocycles. The van der Waals surface area contributed by atoms with Gasteiger partial charge >= 0.3 is 0 Å². The van der Waals surface area contributed by atoms with E-state index in [4.69, 9.17) is 9.47 Å². The topological polar surface area (TPSA) is 79.9 Å². The molecule has 1 fully saturated rings. The van der Waals surface area contributed by atoms with Crippen molar-refractivity contribution in [1.29, 1.82) is 0 Å². The number of anilines is 2. The van der Waals surface area contributed by atoms with Crippen molar-refractivity contribution in [2.75, 3.05) is 31.0 Å². The fraction of sp³-hybridized carbons (Fsp3) is 0.333. The van der Waals surface area contributed by atoms with Gasteiger partial charge in [0.1, 0.15) is 6.04 Å². The number of rotatable bonds is 5. The zero-order chi connectivity index (χ0) is 19.7. The second kappa shape index (κ2) is 7.42. The van der Waals surface area contributed by atoms with Gasteiger partial charge in [0.25, 0.3) is 5.91 Å². The summed E-state index contributed by atoms with van der Waals surface area (Å²) in [6, 6.07) is 10.9. The number of methoxy groups -OCH3 is 2. The minimum atomic E-state index is -0.199. The Kier molecular flexibility index (Phi) is 4.81. The second-order valence-electron chi connectivity index (χ2n) is 6.94. The Labute approximate surface area is 163 Å². The molecule has 0 aromatic heterocycles. The standard InChI is InChI=1S/C21H23N3O4/c1-27-18-8-5-13(10-19(18)28-2)12-22-20(25)14-6-7-16-15(11-14)23-21(26)17-4-3-9-24(16)17/h5-8,10-11,17H,3-4,9,12H2,1-2H3,(H,22,25)(H,23,26)/t17-/m0/s1. The molecule has 2 N–H and O–H groups in total. The van der Waals surface area contributed by atoms with E-state index in [0.717, 1.165) is 30.6 Å². The Morgan fingerprint density at radius 2 is 2.00 bits per heavy atom. The summed E-state index contributed by atoms with van der Waals surface area (Å²) >= 11 is 0. The molecule has 1 atom stereocenters. The van der Waals surface area contributed by atoms with E-state index in [1.807, 2.05) is 18.2 Å². The fourth-order valence-corrected chi connectivity index (χ4v) is 3.85. The van der Waals surface area contributed by atoms with E-state index in [2.05, 4.69) is 15.5 Å². The molecule has 28 heavy (non-hydrogen) atoms. The Morgan fingerprint density at radius 1 is 1.18 bits per heavy atom. The molecular weight excluding hydrogens is 358 g/mol. The summed E-state index contributed by atoms with van der Waals surface area (Å²) in [5, 5.41) is 5.84. The predicted molar refractivity (Wildman–Crippen MR) is 106 cm³/mol. The van der Waals surface area contributed by atoms with Crippen molar-refractivity contribution < 1.29 is 19.1 Å². The van der Waals surface area contributed by atoms with Crippen LogP contribution in [0.3, 0.4) is 0 Å². The van der Waals surface area contributed by atoms with Crippen molar-refractivity contribution in [3.63, 3.8) is 0 Å². The highest BCUT2D eigenvalue weighted by atomic mass is 16.5. The lowest BCUT2D eigenvalue weighted by molar-refractivity contribution is -0.117. The molecule has 2 amide bonds. The maximum atomic E-state index is 12.6. The minimum Gasteiger partial charge on any atom is -0.493 e. The number of carbonyl (C=O) groups is 2. The first-order chi connectivity index (χ1) is 13.6. The van der Waals surface area contributed by atoms with E-state index in [-0.39, 0.29) is 17.9 Å². The van der Waals surface area contributed by atoms with Crippen LogP contribution in [0.25, 0.3) is 0 Å². The van der Waals surface area contributed by atoms with Gasteiger partial charge in [0.15, 0.2) is 11.5 Å². The van der Waals surface area contributed by atoms with Gasteiger partial charge in [-0.15, -0.1) is 0 Å². The van der Waals surface area contributed by atoms with Crippen molar-refractivity contribution >= 4 is 23.2 Å². The largest absolute Gasteiger partial charge is 0.493 e. The summed E-state index contributed by atoms with van der Waals surface area (Å²) in [4.78, 5) is 27.0. The lowest BCUT2D eigenvalue weighted by Gasteiger charge is -2.33. The van der Waals surface area contributed by atoms with Crippen LogP contribution in [0.1, 0.15) is 28.8 Å². The Balaban J connectivity index is 1.47. The highest BCUT2D eigenvalue weighted by molar-refractivity contribution is 6.06. The van der Waals surface area contributed by atoms with Crippen LogP contribution in [0.4, 0.5) is 11.4 Å². The van der Waals surface area contributed by atoms with E-state index in [1.165, 1.54) is 0 Å². The van der Waals surface area contributed by atoms with Gasteiger partial charge in [0, 0.05) is 18.7 Å². The third kappa shape index (κ3) is 3.24. The second-order valence-corrected chi connectivity index (χ2v) is 6.94. The predicted octanol–water partition coefficient (Wildman–Crippen LogP) is 2.55. The van der Waals surface area contributed by atoms with Gasteiger partial charge in [0.05, 0.1) is 25.6 Å². The molecule has 2 aromatic rings. The third-order valence-electron chi connectivity index (χ3n) is 5.28. The molecule has 0 aliphatic carbocycles. The molecule has 2 aromatic carbocycles. The smallest absolute Gasteiger partial charge is 0.251 e. The molecule has 0 radical (unpaired) electrons. The number of ether oxygens (including phenoxy) is 2. The van der Waals surface area contributed by atoms with Crippen LogP contribution >= 0.6 is 0 Å². The Morgan fingerprint density at radius 3 is 2.79 bits per heavy atom. The highest BCUT2D eigenvalue weighted by Crippen LogP contribution is 2.37. The average Bonchev–Trinajstić information content (AvgIpc) is 3.22. The Bertz CT molecular complexity index is 928. The molecule has 7 nitrogen and oxygen atoms in total. The molecule has 2 aliphatic rings. The zero-order valence-electron chi connectivity index (χ0n) is 16.0. The molecule has 146 valence electrons. The number of fused-ring (bicyclic) bond motifs is 3. The number of benzene rings is 2. The summed E-state index contributed by atoms with van der Waals surface area (Å²) < 4.78 is 10.5. The van der Waals surface area contributed by atoms with Crippen LogP contribution in [0.5, 0.6) is 11.5 Å². The first kappa shape index (κ1) is 18.2. The summed E-state index contributed by atoms with van der Waals surface area (Å²) in [5.41, 5.74) is 3.09. The Hall–Kier alpha value is -3.22. The molecule has 0 saturated carbocycles. The third-order valence-corrected chi connectivity index (χ3v) is 5.28. The molecule has 1 saturated heterocycles. The molecule has 0 spiro atoms. The quantitative estimate of drug-likeness (QED) is 0.832. The fourth-order valence-electron chi connectivity index (χ4n) is 3.85. The van der Waals surface area contributed by atoms with Crippen molar-refractivity contribution in [2.45, 2.75) is 25.4 Å². The SMILES string of the molecule is COc1ccc(CNC(=O)c2ccc3c(c2)NC(=O)[C@@H]2CCCN32)cc1OC. The minimum absolute atomic E-state index is 0.00730. The first-order valence-corrected chi connectivity index (χ1v) is 9.31. The van der Waals surface area contributed by atoms with Crippen LogP contribution in [0.15, 0.2) is 36.4 Å². The number of nitrogens with zero attached hydrogens (tertiary/aromatic N) is 1. The highest BCUT2D eigenvalue weighted by Gasteiger charge is 2.36. The first-order valence-electron chi connectivity index (χ1n) is 9.31. The molecular formula is C21H23N3O4. The van der Waals surface area contributed by atoms with Gasteiger partial charge in [0.2, 0.25) is 5.91 Å². The number of amides is 2. The summed E-state index contributed by atoms with van der Waals surface area (Å²) in [7, 11) is 3.16. The van der Waals surface area contributed by atoms with Crippen LogP contribution in [-0.2, 0) is 11.3 Å². The zero-order valence-corrected chi connectivity index (χ0v) is 16.0. The molecule has 4 rings (SSSR count). The van der Waals surface area contributed by atoms with Crippen molar-refractivity contribution in [3.8, 4) is 11.5 Å². The van der Waals surface area contributed by atoms with Crippen molar-refractivity contribution in [3.05, 3.63) is 47.5 Å². The number of hydrogen-bond acceptors (Lipinski definition) is 5. The van der Waals surface area contributed by atoms with Gasteiger partial charge in [-0.1, -0.05) is 6.07 Å². The lowest BCUT2D eigenvalue weighted by atomic mass is 10.1. The van der Waals surface area contributed by atoms with Gasteiger partial charge in [-0.05, 0) is 48.7 Å². The van der Waals surface area contributed by atoms with Gasteiger partial charge in [-0.2, -0.15) is 0 Å². The normalized spacial score (nSPS) is 17.4. The van der Waals surface area contributed by atoms with E-state index in [0.29, 0.717) is 29.3 Å².